The summed E-state index contributed by atoms with van der Waals surface area (Å²) in [5.41, 5.74) is 0.375. The molecule has 1 aliphatic heterocycles. The summed E-state index contributed by atoms with van der Waals surface area (Å²) in [7, 11) is 0. The molecule has 1 heterocycles. The minimum atomic E-state index is -0.558. The van der Waals surface area contributed by atoms with Crippen molar-refractivity contribution in [1.82, 2.24) is 15.1 Å². The molecule has 0 bridgehead atoms. The first-order valence-corrected chi connectivity index (χ1v) is 8.45. The first-order valence-electron chi connectivity index (χ1n) is 8.45. The fraction of sp³-hybridized carbons (Fsp3) is 0.556. The van der Waals surface area contributed by atoms with Crippen LogP contribution in [-0.4, -0.2) is 53.5 Å². The second-order valence-corrected chi connectivity index (χ2v) is 7.02. The number of carbonyl (C=O) groups is 2. The number of hydrogen-bond acceptors (Lipinski definition) is 5. The smallest absolute Gasteiger partial charge is 0.411 e. The van der Waals surface area contributed by atoms with Crippen molar-refractivity contribution in [3.8, 4) is 0 Å². The van der Waals surface area contributed by atoms with E-state index in [4.69, 9.17) is 9.47 Å². The van der Waals surface area contributed by atoms with Crippen LogP contribution in [0.5, 0.6) is 0 Å². The molecule has 1 N–H and O–H groups in total. The van der Waals surface area contributed by atoms with E-state index in [9.17, 15) is 9.59 Å². The van der Waals surface area contributed by atoms with Gasteiger partial charge in [0.1, 0.15) is 12.2 Å². The molecule has 7 nitrogen and oxygen atoms in total. The first-order chi connectivity index (χ1) is 11.8. The predicted molar refractivity (Wildman–Crippen MR) is 93.7 cm³/mol. The standard InChI is InChI=1S/C18H27N3O4/c1-14-19-13-20(10-11-21(14)17(23)25-18(2,3)4)16(22)24-12-15-8-6-5-7-9-15/h5-9,14,19H,10-13H2,1-4H3/t14-/m1/s1. The third-order valence-electron chi connectivity index (χ3n) is 3.75. The van der Waals surface area contributed by atoms with Gasteiger partial charge in [-0.1, -0.05) is 30.3 Å². The van der Waals surface area contributed by atoms with E-state index in [-0.39, 0.29) is 12.8 Å². The molecule has 25 heavy (non-hydrogen) atoms. The lowest BCUT2D eigenvalue weighted by Crippen LogP contribution is -2.48. The zero-order valence-corrected chi connectivity index (χ0v) is 15.3. The molecule has 0 unspecified atom stereocenters. The normalized spacial score (nSPS) is 18.5. The Morgan fingerprint density at radius 2 is 1.84 bits per heavy atom. The van der Waals surface area contributed by atoms with E-state index in [2.05, 4.69) is 5.32 Å². The van der Waals surface area contributed by atoms with Gasteiger partial charge in [0.25, 0.3) is 0 Å². The van der Waals surface area contributed by atoms with Crippen molar-refractivity contribution in [1.29, 1.82) is 0 Å². The molecule has 1 aromatic rings. The van der Waals surface area contributed by atoms with Gasteiger partial charge in [0.2, 0.25) is 0 Å². The molecule has 0 saturated carbocycles. The summed E-state index contributed by atoms with van der Waals surface area (Å²) < 4.78 is 10.8. The Balaban J connectivity index is 1.88. The van der Waals surface area contributed by atoms with Gasteiger partial charge in [-0.05, 0) is 33.3 Å². The van der Waals surface area contributed by atoms with Gasteiger partial charge in [0.05, 0.1) is 12.8 Å². The SMILES string of the molecule is C[C@@H]1NCN(C(=O)OCc2ccccc2)CCN1C(=O)OC(C)(C)C. The van der Waals surface area contributed by atoms with Gasteiger partial charge in [-0.25, -0.2) is 9.59 Å². The molecule has 2 rings (SSSR count). The molecule has 1 aliphatic rings. The highest BCUT2D eigenvalue weighted by atomic mass is 16.6. The number of hydrogen-bond donors (Lipinski definition) is 1. The van der Waals surface area contributed by atoms with E-state index < -0.39 is 17.8 Å². The summed E-state index contributed by atoms with van der Waals surface area (Å²) >= 11 is 0. The summed E-state index contributed by atoms with van der Waals surface area (Å²) in [6.45, 7) is 8.64. The van der Waals surface area contributed by atoms with Crippen LogP contribution in [0.15, 0.2) is 30.3 Å². The van der Waals surface area contributed by atoms with Crippen molar-refractivity contribution < 1.29 is 19.1 Å². The number of nitrogens with one attached hydrogen (secondary N) is 1. The average Bonchev–Trinajstić information content (AvgIpc) is 2.74. The summed E-state index contributed by atoms with van der Waals surface area (Å²) in [6.07, 6.45) is -1.04. The molecule has 0 radical (unpaired) electrons. The van der Waals surface area contributed by atoms with Crippen LogP contribution in [0.2, 0.25) is 0 Å². The number of ether oxygens (including phenoxy) is 2. The number of amides is 2. The van der Waals surface area contributed by atoms with Gasteiger partial charge in [0.15, 0.2) is 0 Å². The Kier molecular flexibility index (Phi) is 6.25. The van der Waals surface area contributed by atoms with Crippen molar-refractivity contribution in [2.75, 3.05) is 19.8 Å². The van der Waals surface area contributed by atoms with E-state index >= 15 is 0 Å². The quantitative estimate of drug-likeness (QED) is 0.889. The van der Waals surface area contributed by atoms with Crippen LogP contribution in [-0.2, 0) is 16.1 Å². The third kappa shape index (κ3) is 5.94. The van der Waals surface area contributed by atoms with E-state index in [1.54, 1.807) is 9.80 Å². The minimum absolute atomic E-state index is 0.224. The van der Waals surface area contributed by atoms with Gasteiger partial charge < -0.3 is 9.47 Å². The molecule has 1 atom stereocenters. The molecule has 0 aromatic heterocycles. The third-order valence-corrected chi connectivity index (χ3v) is 3.75. The van der Waals surface area contributed by atoms with Crippen molar-refractivity contribution in [2.45, 2.75) is 46.1 Å². The molecule has 0 aliphatic carbocycles. The van der Waals surface area contributed by atoms with E-state index in [1.807, 2.05) is 58.0 Å². The van der Waals surface area contributed by atoms with E-state index in [1.165, 1.54) is 0 Å². The van der Waals surface area contributed by atoms with Crippen molar-refractivity contribution in [3.63, 3.8) is 0 Å². The van der Waals surface area contributed by atoms with Crippen molar-refractivity contribution >= 4 is 12.2 Å². The highest BCUT2D eigenvalue weighted by Crippen LogP contribution is 2.13. The maximum Gasteiger partial charge on any atom is 0.411 e. The molecule has 2 amide bonds. The van der Waals surface area contributed by atoms with Crippen molar-refractivity contribution in [2.24, 2.45) is 0 Å². The summed E-state index contributed by atoms with van der Waals surface area (Å²) in [6, 6.07) is 9.52. The van der Waals surface area contributed by atoms with Gasteiger partial charge in [-0.15, -0.1) is 0 Å². The van der Waals surface area contributed by atoms with E-state index in [0.717, 1.165) is 5.56 Å². The molecular formula is C18H27N3O4. The zero-order valence-electron chi connectivity index (χ0n) is 15.3. The Hall–Kier alpha value is -2.28. The number of rotatable bonds is 2. The van der Waals surface area contributed by atoms with Crippen LogP contribution in [0, 0.1) is 0 Å². The fourth-order valence-electron chi connectivity index (χ4n) is 2.39. The molecule has 1 aromatic carbocycles. The van der Waals surface area contributed by atoms with Crippen LogP contribution in [0.25, 0.3) is 0 Å². The number of carbonyl (C=O) groups excluding carboxylic acids is 2. The fourth-order valence-corrected chi connectivity index (χ4v) is 2.39. The lowest BCUT2D eigenvalue weighted by atomic mass is 10.2. The predicted octanol–water partition coefficient (Wildman–Crippen LogP) is 2.77. The van der Waals surface area contributed by atoms with Gasteiger partial charge in [-0.2, -0.15) is 0 Å². The summed E-state index contributed by atoms with van der Waals surface area (Å²) in [4.78, 5) is 27.7. The van der Waals surface area contributed by atoms with E-state index in [0.29, 0.717) is 19.8 Å². The van der Waals surface area contributed by atoms with Gasteiger partial charge in [0, 0.05) is 13.1 Å². The average molecular weight is 349 g/mol. The summed E-state index contributed by atoms with van der Waals surface area (Å²) in [5.74, 6) is 0. The maximum absolute atomic E-state index is 12.3. The van der Waals surface area contributed by atoms with Crippen LogP contribution in [0.1, 0.15) is 33.3 Å². The highest BCUT2D eigenvalue weighted by Gasteiger charge is 2.30. The molecular weight excluding hydrogens is 322 g/mol. The first kappa shape index (κ1) is 19.1. The number of benzene rings is 1. The Morgan fingerprint density at radius 3 is 2.48 bits per heavy atom. The molecule has 1 saturated heterocycles. The molecule has 7 heteroatoms. The topological polar surface area (TPSA) is 71.1 Å². The lowest BCUT2D eigenvalue weighted by molar-refractivity contribution is 0.0167. The van der Waals surface area contributed by atoms with Crippen LogP contribution < -0.4 is 5.32 Å². The highest BCUT2D eigenvalue weighted by molar-refractivity contribution is 5.70. The second kappa shape index (κ2) is 8.20. The second-order valence-electron chi connectivity index (χ2n) is 7.02. The monoisotopic (exact) mass is 349 g/mol. The largest absolute Gasteiger partial charge is 0.445 e. The van der Waals surface area contributed by atoms with Gasteiger partial charge >= 0.3 is 12.2 Å². The summed E-state index contributed by atoms with van der Waals surface area (Å²) in [5, 5.41) is 3.14. The van der Waals surface area contributed by atoms with Crippen LogP contribution in [0.4, 0.5) is 9.59 Å². The number of nitrogens with zero attached hydrogens (tertiary/aromatic N) is 2. The zero-order chi connectivity index (χ0) is 18.4. The Bertz CT molecular complexity index is 586. The Labute approximate surface area is 148 Å². The Morgan fingerprint density at radius 1 is 1.16 bits per heavy atom. The molecule has 0 spiro atoms. The van der Waals surface area contributed by atoms with Crippen LogP contribution in [0.3, 0.4) is 0 Å². The molecule has 138 valence electrons. The van der Waals surface area contributed by atoms with Gasteiger partial charge in [-0.3, -0.25) is 15.1 Å². The maximum atomic E-state index is 12.3. The minimum Gasteiger partial charge on any atom is -0.445 e. The van der Waals surface area contributed by atoms with Crippen molar-refractivity contribution in [3.05, 3.63) is 35.9 Å². The lowest BCUT2D eigenvalue weighted by Gasteiger charge is -2.30. The van der Waals surface area contributed by atoms with Crippen LogP contribution >= 0.6 is 0 Å². The molecule has 1 fully saturated rings.